The number of anilines is 2. The van der Waals surface area contributed by atoms with E-state index in [0.717, 1.165) is 49.3 Å². The molecule has 9 nitrogen and oxygen atoms in total. The summed E-state index contributed by atoms with van der Waals surface area (Å²) in [5.41, 5.74) is 0.767. The second kappa shape index (κ2) is 5.91. The SMILES string of the molecule is COc1cc(N2CCN(c3ccc4nnc(C)n4n3)CC2)ncn1. The molecule has 1 saturated heterocycles. The summed E-state index contributed by atoms with van der Waals surface area (Å²) < 4.78 is 6.94. The van der Waals surface area contributed by atoms with Crippen LogP contribution in [0.1, 0.15) is 5.82 Å². The number of piperazine rings is 1. The number of nitrogens with zero attached hydrogens (tertiary/aromatic N) is 8. The Morgan fingerprint density at radius 3 is 2.46 bits per heavy atom. The molecule has 0 aliphatic carbocycles. The summed E-state index contributed by atoms with van der Waals surface area (Å²) in [5, 5.41) is 12.8. The first-order valence-corrected chi connectivity index (χ1v) is 7.79. The fraction of sp³-hybridized carbons (Fsp3) is 0.400. The average molecular weight is 326 g/mol. The van der Waals surface area contributed by atoms with Crippen LogP contribution in [-0.4, -0.2) is 63.1 Å². The van der Waals surface area contributed by atoms with Crippen LogP contribution in [0.4, 0.5) is 11.6 Å². The Morgan fingerprint density at radius 1 is 0.958 bits per heavy atom. The first kappa shape index (κ1) is 14.6. The van der Waals surface area contributed by atoms with Crippen LogP contribution in [0, 0.1) is 6.92 Å². The van der Waals surface area contributed by atoms with Crippen molar-refractivity contribution in [1.82, 2.24) is 29.8 Å². The summed E-state index contributed by atoms with van der Waals surface area (Å²) in [5.74, 6) is 3.20. The van der Waals surface area contributed by atoms with E-state index in [2.05, 4.69) is 35.1 Å². The number of ether oxygens (including phenoxy) is 1. The van der Waals surface area contributed by atoms with Gasteiger partial charge in [0.2, 0.25) is 5.88 Å². The van der Waals surface area contributed by atoms with Crippen molar-refractivity contribution in [3.05, 3.63) is 30.4 Å². The number of aromatic nitrogens is 6. The molecule has 0 atom stereocenters. The van der Waals surface area contributed by atoms with E-state index in [1.165, 1.54) is 6.33 Å². The third-order valence-corrected chi connectivity index (χ3v) is 4.17. The standard InChI is InChI=1S/C15H18N8O/c1-11-18-19-12-3-4-13(20-23(11)12)21-5-7-22(8-6-21)14-9-15(24-2)17-10-16-14/h3-4,9-10H,5-8H2,1-2H3. The van der Waals surface area contributed by atoms with Crippen LogP contribution >= 0.6 is 0 Å². The summed E-state index contributed by atoms with van der Waals surface area (Å²) >= 11 is 0. The van der Waals surface area contributed by atoms with E-state index < -0.39 is 0 Å². The van der Waals surface area contributed by atoms with E-state index in [0.29, 0.717) is 5.88 Å². The lowest BCUT2D eigenvalue weighted by Crippen LogP contribution is -2.47. The number of hydrogen-bond acceptors (Lipinski definition) is 8. The summed E-state index contributed by atoms with van der Waals surface area (Å²) in [6, 6.07) is 5.80. The van der Waals surface area contributed by atoms with Gasteiger partial charge in [-0.1, -0.05) is 0 Å². The second-order valence-electron chi connectivity index (χ2n) is 5.60. The molecular weight excluding hydrogens is 308 g/mol. The summed E-state index contributed by atoms with van der Waals surface area (Å²) in [7, 11) is 1.61. The van der Waals surface area contributed by atoms with Crippen molar-refractivity contribution in [2.45, 2.75) is 6.92 Å². The highest BCUT2D eigenvalue weighted by Gasteiger charge is 2.20. The maximum absolute atomic E-state index is 5.17. The van der Waals surface area contributed by atoms with Gasteiger partial charge in [0, 0.05) is 32.2 Å². The maximum atomic E-state index is 5.17. The van der Waals surface area contributed by atoms with E-state index in [4.69, 9.17) is 4.74 Å². The Hall–Kier alpha value is -2.97. The molecule has 4 heterocycles. The molecule has 0 bridgehead atoms. The summed E-state index contributed by atoms with van der Waals surface area (Å²) in [4.78, 5) is 12.9. The molecular formula is C15H18N8O. The quantitative estimate of drug-likeness (QED) is 0.690. The molecule has 0 spiro atoms. The molecule has 0 amide bonds. The van der Waals surface area contributed by atoms with E-state index >= 15 is 0 Å². The highest BCUT2D eigenvalue weighted by atomic mass is 16.5. The molecule has 1 fully saturated rings. The zero-order valence-corrected chi connectivity index (χ0v) is 13.6. The molecule has 9 heteroatoms. The zero-order valence-electron chi connectivity index (χ0n) is 13.6. The monoisotopic (exact) mass is 326 g/mol. The number of hydrogen-bond donors (Lipinski definition) is 0. The molecule has 1 aliphatic rings. The smallest absolute Gasteiger partial charge is 0.218 e. The molecule has 0 radical (unpaired) electrons. The van der Waals surface area contributed by atoms with Crippen LogP contribution in [0.25, 0.3) is 5.65 Å². The minimum absolute atomic E-state index is 0.581. The van der Waals surface area contributed by atoms with Gasteiger partial charge in [-0.05, 0) is 19.1 Å². The van der Waals surface area contributed by atoms with Crippen molar-refractivity contribution in [2.75, 3.05) is 43.1 Å². The molecule has 4 rings (SSSR count). The lowest BCUT2D eigenvalue weighted by Gasteiger charge is -2.35. The minimum Gasteiger partial charge on any atom is -0.481 e. The lowest BCUT2D eigenvalue weighted by molar-refractivity contribution is 0.396. The van der Waals surface area contributed by atoms with Gasteiger partial charge in [-0.2, -0.15) is 4.52 Å². The van der Waals surface area contributed by atoms with Gasteiger partial charge in [-0.3, -0.25) is 0 Å². The van der Waals surface area contributed by atoms with Gasteiger partial charge in [0.25, 0.3) is 0 Å². The van der Waals surface area contributed by atoms with Gasteiger partial charge >= 0.3 is 0 Å². The van der Waals surface area contributed by atoms with Crippen LogP contribution in [0.15, 0.2) is 24.5 Å². The van der Waals surface area contributed by atoms with Crippen molar-refractivity contribution in [1.29, 1.82) is 0 Å². The van der Waals surface area contributed by atoms with Gasteiger partial charge in [0.1, 0.15) is 18.0 Å². The number of aryl methyl sites for hydroxylation is 1. The van der Waals surface area contributed by atoms with Crippen molar-refractivity contribution in [2.24, 2.45) is 0 Å². The number of fused-ring (bicyclic) bond motifs is 1. The van der Waals surface area contributed by atoms with E-state index in [1.807, 2.05) is 25.1 Å². The zero-order chi connectivity index (χ0) is 16.5. The summed E-state index contributed by atoms with van der Waals surface area (Å²) in [6.45, 7) is 5.36. The minimum atomic E-state index is 0.581. The van der Waals surface area contributed by atoms with Crippen molar-refractivity contribution in [3.63, 3.8) is 0 Å². The molecule has 0 N–H and O–H groups in total. The lowest BCUT2D eigenvalue weighted by atomic mass is 10.3. The predicted molar refractivity (Wildman–Crippen MR) is 88.5 cm³/mol. The second-order valence-corrected chi connectivity index (χ2v) is 5.60. The first-order valence-electron chi connectivity index (χ1n) is 7.79. The highest BCUT2D eigenvalue weighted by molar-refractivity contribution is 5.48. The van der Waals surface area contributed by atoms with E-state index in [9.17, 15) is 0 Å². The van der Waals surface area contributed by atoms with Gasteiger partial charge < -0.3 is 14.5 Å². The molecule has 3 aromatic heterocycles. The topological polar surface area (TPSA) is 84.6 Å². The molecule has 0 aromatic carbocycles. The molecule has 1 aliphatic heterocycles. The van der Waals surface area contributed by atoms with Crippen LogP contribution in [0.3, 0.4) is 0 Å². The third-order valence-electron chi connectivity index (χ3n) is 4.17. The van der Waals surface area contributed by atoms with Crippen LogP contribution in [0.5, 0.6) is 5.88 Å². The van der Waals surface area contributed by atoms with Gasteiger partial charge in [0.05, 0.1) is 7.11 Å². The summed E-state index contributed by atoms with van der Waals surface area (Å²) in [6.07, 6.45) is 1.53. The van der Waals surface area contributed by atoms with Gasteiger partial charge in [-0.25, -0.2) is 9.97 Å². The van der Waals surface area contributed by atoms with Crippen molar-refractivity contribution >= 4 is 17.3 Å². The largest absolute Gasteiger partial charge is 0.481 e. The van der Waals surface area contributed by atoms with Crippen LogP contribution in [-0.2, 0) is 0 Å². The number of methoxy groups -OCH3 is 1. The Morgan fingerprint density at radius 2 is 1.71 bits per heavy atom. The van der Waals surface area contributed by atoms with Crippen molar-refractivity contribution < 1.29 is 4.74 Å². The Balaban J connectivity index is 1.49. The molecule has 0 saturated carbocycles. The fourth-order valence-electron chi connectivity index (χ4n) is 2.83. The van der Waals surface area contributed by atoms with Gasteiger partial charge in [0.15, 0.2) is 11.5 Å². The average Bonchev–Trinajstić information content (AvgIpc) is 3.02. The van der Waals surface area contributed by atoms with Gasteiger partial charge in [-0.15, -0.1) is 15.3 Å². The highest BCUT2D eigenvalue weighted by Crippen LogP contribution is 2.20. The van der Waals surface area contributed by atoms with E-state index in [-0.39, 0.29) is 0 Å². The number of rotatable bonds is 3. The molecule has 0 unspecified atom stereocenters. The maximum Gasteiger partial charge on any atom is 0.218 e. The fourth-order valence-corrected chi connectivity index (χ4v) is 2.83. The Labute approximate surface area is 138 Å². The predicted octanol–water partition coefficient (Wildman–Crippen LogP) is 0.558. The first-order chi connectivity index (χ1) is 11.7. The molecule has 124 valence electrons. The van der Waals surface area contributed by atoms with E-state index in [1.54, 1.807) is 11.6 Å². The Bertz CT molecular complexity index is 856. The van der Waals surface area contributed by atoms with Crippen LogP contribution in [0.2, 0.25) is 0 Å². The third kappa shape index (κ3) is 2.57. The molecule has 24 heavy (non-hydrogen) atoms. The molecule has 3 aromatic rings. The van der Waals surface area contributed by atoms with Crippen LogP contribution < -0.4 is 14.5 Å². The normalized spacial score (nSPS) is 15.1. The van der Waals surface area contributed by atoms with Crippen molar-refractivity contribution in [3.8, 4) is 5.88 Å². The Kier molecular flexibility index (Phi) is 3.60.